The van der Waals surface area contributed by atoms with Gasteiger partial charge < -0.3 is 9.64 Å². The number of methoxy groups -OCH3 is 1. The molecule has 1 saturated heterocycles. The van der Waals surface area contributed by atoms with Crippen LogP contribution < -0.4 is 4.90 Å². The largest absolute Gasteiger partial charge is 0.467 e. The number of alkyl halides is 3. The van der Waals surface area contributed by atoms with E-state index in [-0.39, 0.29) is 30.5 Å². The van der Waals surface area contributed by atoms with E-state index in [4.69, 9.17) is 4.74 Å². The second-order valence-corrected chi connectivity index (χ2v) is 9.56. The lowest BCUT2D eigenvalue weighted by atomic mass is 10.2. The third-order valence-corrected chi connectivity index (χ3v) is 7.21. The van der Waals surface area contributed by atoms with Crippen molar-refractivity contribution in [1.82, 2.24) is 9.78 Å². The summed E-state index contributed by atoms with van der Waals surface area (Å²) in [4.78, 5) is 13.6. The molecule has 1 aromatic rings. The van der Waals surface area contributed by atoms with Gasteiger partial charge in [0.15, 0.2) is 9.84 Å². The number of hydrogen-bond donors (Lipinski definition) is 0. The first-order valence-corrected chi connectivity index (χ1v) is 10.4. The van der Waals surface area contributed by atoms with Gasteiger partial charge in [-0.15, -0.1) is 0 Å². The topological polar surface area (TPSA) is 81.5 Å². The summed E-state index contributed by atoms with van der Waals surface area (Å²) >= 11 is 0. The molecule has 0 radical (unpaired) electrons. The third kappa shape index (κ3) is 4.56. The first-order valence-electron chi connectivity index (χ1n) is 8.67. The zero-order valence-corrected chi connectivity index (χ0v) is 15.9. The van der Waals surface area contributed by atoms with E-state index >= 15 is 0 Å². The van der Waals surface area contributed by atoms with Crippen LogP contribution in [0.15, 0.2) is 6.07 Å². The molecule has 11 heteroatoms. The maximum atomic E-state index is 12.9. The molecule has 27 heavy (non-hydrogen) atoms. The number of aryl methyl sites for hydroxylation is 1. The summed E-state index contributed by atoms with van der Waals surface area (Å²) in [5.41, 5.74) is 0.349. The van der Waals surface area contributed by atoms with Gasteiger partial charge in [-0.1, -0.05) is 0 Å². The van der Waals surface area contributed by atoms with Gasteiger partial charge in [-0.05, 0) is 32.1 Å². The van der Waals surface area contributed by atoms with Crippen molar-refractivity contribution in [3.8, 4) is 0 Å². The zero-order valence-electron chi connectivity index (χ0n) is 15.1. The molecule has 1 aromatic heterocycles. The van der Waals surface area contributed by atoms with Gasteiger partial charge in [-0.2, -0.15) is 18.3 Å². The molecule has 0 bridgehead atoms. The maximum Gasteiger partial charge on any atom is 0.408 e. The van der Waals surface area contributed by atoms with Gasteiger partial charge in [0, 0.05) is 12.6 Å². The van der Waals surface area contributed by atoms with Gasteiger partial charge in [0.2, 0.25) is 0 Å². The minimum atomic E-state index is -4.49. The number of carbonyl (C=O) groups is 1. The number of ether oxygens (including phenoxy) is 1. The number of nitrogens with zero attached hydrogens (tertiary/aromatic N) is 3. The Hall–Kier alpha value is -1.78. The zero-order chi connectivity index (χ0) is 20.0. The summed E-state index contributed by atoms with van der Waals surface area (Å²) in [6.07, 6.45) is -2.76. The van der Waals surface area contributed by atoms with Crippen LogP contribution in [0.25, 0.3) is 0 Å². The van der Waals surface area contributed by atoms with Crippen LogP contribution in [0.5, 0.6) is 0 Å². The Bertz CT molecular complexity index is 817. The Kier molecular flexibility index (Phi) is 5.17. The molecule has 2 heterocycles. The van der Waals surface area contributed by atoms with Gasteiger partial charge in [0.25, 0.3) is 0 Å². The average molecular weight is 409 g/mol. The van der Waals surface area contributed by atoms with Crippen molar-refractivity contribution in [2.45, 2.75) is 50.2 Å². The number of aromatic nitrogens is 2. The molecular weight excluding hydrogens is 387 g/mol. The molecule has 2 aliphatic rings. The fourth-order valence-electron chi connectivity index (χ4n) is 3.47. The Morgan fingerprint density at radius 3 is 2.59 bits per heavy atom. The summed E-state index contributed by atoms with van der Waals surface area (Å²) in [5, 5.41) is 3.04. The van der Waals surface area contributed by atoms with Gasteiger partial charge in [-0.25, -0.2) is 17.9 Å². The lowest BCUT2D eigenvalue weighted by Crippen LogP contribution is -2.39. The predicted molar refractivity (Wildman–Crippen MR) is 91.1 cm³/mol. The van der Waals surface area contributed by atoms with Gasteiger partial charge in [0.05, 0.1) is 23.8 Å². The van der Waals surface area contributed by atoms with E-state index in [2.05, 4.69) is 5.10 Å². The van der Waals surface area contributed by atoms with E-state index in [0.717, 1.165) is 17.5 Å². The summed E-state index contributed by atoms with van der Waals surface area (Å²) in [6, 6.07) is 0.467. The van der Waals surface area contributed by atoms with Crippen LogP contribution in [0, 0.1) is 12.8 Å². The predicted octanol–water partition coefficient (Wildman–Crippen LogP) is 1.70. The molecule has 1 saturated carbocycles. The van der Waals surface area contributed by atoms with E-state index in [1.54, 1.807) is 6.92 Å². The van der Waals surface area contributed by atoms with Gasteiger partial charge in [0.1, 0.15) is 18.4 Å². The van der Waals surface area contributed by atoms with Crippen LogP contribution in [0.1, 0.15) is 25.0 Å². The summed E-state index contributed by atoms with van der Waals surface area (Å²) in [7, 11) is -2.28. The molecule has 2 atom stereocenters. The molecule has 2 fully saturated rings. The molecule has 0 aromatic carbocycles. The highest BCUT2D eigenvalue weighted by Gasteiger charge is 2.46. The first-order chi connectivity index (χ1) is 12.5. The summed E-state index contributed by atoms with van der Waals surface area (Å²) < 4.78 is 69.5. The van der Waals surface area contributed by atoms with E-state index in [0.29, 0.717) is 5.69 Å². The van der Waals surface area contributed by atoms with Crippen LogP contribution in [0.2, 0.25) is 0 Å². The molecule has 1 unspecified atom stereocenters. The van der Waals surface area contributed by atoms with Crippen molar-refractivity contribution in [3.05, 3.63) is 11.8 Å². The van der Waals surface area contributed by atoms with E-state index in [1.165, 1.54) is 18.1 Å². The van der Waals surface area contributed by atoms with Crippen molar-refractivity contribution in [1.29, 1.82) is 0 Å². The Morgan fingerprint density at radius 1 is 1.37 bits per heavy atom. The summed E-state index contributed by atoms with van der Waals surface area (Å²) in [5.74, 6) is -0.389. The highest BCUT2D eigenvalue weighted by Crippen LogP contribution is 2.36. The SMILES string of the molecule is COC(=O)C1C[C@@H](S(=O)(=O)CC2CC2)CN1c1cc(C)nn1CC(F)(F)F. The average Bonchev–Trinajstić information content (AvgIpc) is 3.10. The number of esters is 1. The second kappa shape index (κ2) is 6.99. The minimum absolute atomic E-state index is 0.00201. The third-order valence-electron chi connectivity index (χ3n) is 4.91. The molecule has 0 spiro atoms. The molecule has 0 N–H and O–H groups in total. The summed E-state index contributed by atoms with van der Waals surface area (Å²) in [6.45, 7) is 0.165. The fourth-order valence-corrected chi connectivity index (χ4v) is 5.59. The number of hydrogen-bond acceptors (Lipinski definition) is 6. The number of sulfone groups is 1. The molecule has 0 amide bonds. The minimum Gasteiger partial charge on any atom is -0.467 e. The van der Waals surface area contributed by atoms with Crippen LogP contribution in [0.3, 0.4) is 0 Å². The van der Waals surface area contributed by atoms with Crippen LogP contribution >= 0.6 is 0 Å². The van der Waals surface area contributed by atoms with Crippen LogP contribution in [0.4, 0.5) is 19.0 Å². The molecule has 1 aliphatic heterocycles. The standard InChI is InChI=1S/C16H22F3N3O4S/c1-10-5-14(22(20-10)9-16(17,18)19)21-7-12(6-13(21)15(23)26-2)27(24,25)8-11-3-4-11/h5,11-13H,3-4,6-9H2,1-2H3/t12-,13?/m1/s1. The maximum absolute atomic E-state index is 12.9. The first kappa shape index (κ1) is 20.0. The molecular formula is C16H22F3N3O4S. The highest BCUT2D eigenvalue weighted by atomic mass is 32.2. The van der Waals surface area contributed by atoms with Crippen LogP contribution in [-0.4, -0.2) is 61.0 Å². The molecule has 3 rings (SSSR count). The van der Waals surface area contributed by atoms with Crippen molar-refractivity contribution >= 4 is 21.6 Å². The smallest absolute Gasteiger partial charge is 0.408 e. The normalized spacial score (nSPS) is 23.7. The number of halogens is 3. The van der Waals surface area contributed by atoms with Crippen LogP contribution in [-0.2, 0) is 25.9 Å². The lowest BCUT2D eigenvalue weighted by molar-refractivity contribution is -0.142. The van der Waals surface area contributed by atoms with Crippen molar-refractivity contribution in [3.63, 3.8) is 0 Å². The Labute approximate surface area is 155 Å². The number of rotatable bonds is 6. The number of carbonyl (C=O) groups excluding carboxylic acids is 1. The van der Waals surface area contributed by atoms with Crippen molar-refractivity contribution < 1.29 is 31.1 Å². The van der Waals surface area contributed by atoms with Crippen molar-refractivity contribution in [2.75, 3.05) is 24.3 Å². The monoisotopic (exact) mass is 409 g/mol. The molecule has 7 nitrogen and oxygen atoms in total. The Morgan fingerprint density at radius 2 is 2.04 bits per heavy atom. The Balaban J connectivity index is 1.91. The van der Waals surface area contributed by atoms with E-state index < -0.39 is 39.8 Å². The lowest BCUT2D eigenvalue weighted by Gasteiger charge is -2.25. The highest BCUT2D eigenvalue weighted by molar-refractivity contribution is 7.92. The fraction of sp³-hybridized carbons (Fsp3) is 0.750. The quantitative estimate of drug-likeness (QED) is 0.666. The molecule has 152 valence electrons. The van der Waals surface area contributed by atoms with E-state index in [9.17, 15) is 26.4 Å². The second-order valence-electron chi connectivity index (χ2n) is 7.24. The van der Waals surface area contributed by atoms with E-state index in [1.807, 2.05) is 0 Å². The van der Waals surface area contributed by atoms with Crippen molar-refractivity contribution in [2.24, 2.45) is 5.92 Å². The van der Waals surface area contributed by atoms with Gasteiger partial charge in [-0.3, -0.25) is 0 Å². The number of anilines is 1. The molecule has 1 aliphatic carbocycles. The van der Waals surface area contributed by atoms with Gasteiger partial charge >= 0.3 is 12.1 Å².